The quantitative estimate of drug-likeness (QED) is 0.707. The van der Waals surface area contributed by atoms with E-state index in [2.05, 4.69) is 15.5 Å². The minimum Gasteiger partial charge on any atom is -0.352 e. The molecule has 0 aliphatic carbocycles. The third kappa shape index (κ3) is 4.67. The first kappa shape index (κ1) is 20.7. The van der Waals surface area contributed by atoms with Gasteiger partial charge in [-0.25, -0.2) is 0 Å². The predicted molar refractivity (Wildman–Crippen MR) is 111 cm³/mol. The first-order valence-corrected chi connectivity index (χ1v) is 10.6. The molecule has 2 aliphatic heterocycles. The third-order valence-corrected chi connectivity index (χ3v) is 6.35. The summed E-state index contributed by atoms with van der Waals surface area (Å²) in [5.41, 5.74) is 1.24. The van der Waals surface area contributed by atoms with Crippen LogP contribution in [0, 0.1) is 0 Å². The predicted octanol–water partition coefficient (Wildman–Crippen LogP) is 1.79. The zero-order valence-corrected chi connectivity index (χ0v) is 17.5. The van der Waals surface area contributed by atoms with Crippen molar-refractivity contribution in [2.45, 2.75) is 42.4 Å². The van der Waals surface area contributed by atoms with Crippen LogP contribution in [0.3, 0.4) is 0 Å². The summed E-state index contributed by atoms with van der Waals surface area (Å²) in [6.07, 6.45) is 2.73. The van der Waals surface area contributed by atoms with E-state index in [0.29, 0.717) is 17.8 Å². The van der Waals surface area contributed by atoms with Gasteiger partial charge in [0.2, 0.25) is 11.8 Å². The summed E-state index contributed by atoms with van der Waals surface area (Å²) in [5.74, 6) is -0.0321. The maximum atomic E-state index is 12.4. The Morgan fingerprint density at radius 3 is 2.89 bits per heavy atom. The molecule has 1 aromatic carbocycles. The van der Waals surface area contributed by atoms with Gasteiger partial charge in [-0.05, 0) is 50.9 Å². The molecular formula is C20H28N4O3S. The third-order valence-electron chi connectivity index (χ3n) is 5.17. The molecule has 8 heteroatoms. The lowest BCUT2D eigenvalue weighted by Crippen LogP contribution is -2.43. The summed E-state index contributed by atoms with van der Waals surface area (Å²) in [5, 5.41) is 5.66. The summed E-state index contributed by atoms with van der Waals surface area (Å²) in [7, 11) is 3.58. The van der Waals surface area contributed by atoms with Crippen LogP contribution in [0.2, 0.25) is 0 Å². The monoisotopic (exact) mass is 404 g/mol. The van der Waals surface area contributed by atoms with Gasteiger partial charge >= 0.3 is 0 Å². The van der Waals surface area contributed by atoms with Gasteiger partial charge in [0.15, 0.2) is 0 Å². The van der Waals surface area contributed by atoms with Gasteiger partial charge in [-0.15, -0.1) is 11.8 Å². The number of thioether (sulfide) groups is 1. The highest BCUT2D eigenvalue weighted by Gasteiger charge is 2.31. The second-order valence-electron chi connectivity index (χ2n) is 7.50. The van der Waals surface area contributed by atoms with Gasteiger partial charge in [-0.2, -0.15) is 0 Å². The Kier molecular flexibility index (Phi) is 6.61. The number of amides is 3. The first-order valence-electron chi connectivity index (χ1n) is 9.72. The molecule has 3 amide bonds. The highest BCUT2D eigenvalue weighted by molar-refractivity contribution is 8.00. The molecule has 28 heavy (non-hydrogen) atoms. The van der Waals surface area contributed by atoms with Gasteiger partial charge in [-0.3, -0.25) is 19.3 Å². The van der Waals surface area contributed by atoms with E-state index in [9.17, 15) is 14.4 Å². The van der Waals surface area contributed by atoms with Gasteiger partial charge < -0.3 is 15.5 Å². The number of carbonyl (C=O) groups excluding carboxylic acids is 3. The van der Waals surface area contributed by atoms with E-state index >= 15 is 0 Å². The molecule has 2 aliphatic rings. The minimum absolute atomic E-state index is 0.0325. The van der Waals surface area contributed by atoms with Crippen LogP contribution in [0.4, 0.5) is 5.69 Å². The van der Waals surface area contributed by atoms with E-state index < -0.39 is 0 Å². The normalized spacial score (nSPS) is 21.8. The summed E-state index contributed by atoms with van der Waals surface area (Å²) in [4.78, 5) is 41.3. The molecule has 3 rings (SSSR count). The van der Waals surface area contributed by atoms with Crippen molar-refractivity contribution in [2.75, 3.05) is 39.0 Å². The standard InChI is InChI=1S/C20H28N4O3S/c1-13-18(25)22-15-12-14(7-8-17(15)28-13)19(26)21-9-5-11-24-10-4-6-16(24)20(27)23(2)3/h7-8,12-13,16H,4-6,9-11H2,1-3H3,(H,21,26)(H,22,25)/t13-,16+/m0/s1. The van der Waals surface area contributed by atoms with Crippen LogP contribution in [-0.4, -0.2) is 72.5 Å². The maximum Gasteiger partial charge on any atom is 0.251 e. The van der Waals surface area contributed by atoms with Crippen LogP contribution in [0.5, 0.6) is 0 Å². The van der Waals surface area contributed by atoms with Gasteiger partial charge in [0.25, 0.3) is 5.91 Å². The SMILES string of the molecule is C[C@@H]1Sc2ccc(C(=O)NCCCN3CCC[C@@H]3C(=O)N(C)C)cc2NC1=O. The summed E-state index contributed by atoms with van der Waals surface area (Å²) in [6, 6.07) is 5.37. The summed E-state index contributed by atoms with van der Waals surface area (Å²) < 4.78 is 0. The topological polar surface area (TPSA) is 81.8 Å². The molecule has 0 aromatic heterocycles. The first-order chi connectivity index (χ1) is 13.4. The number of hydrogen-bond donors (Lipinski definition) is 2. The molecule has 0 saturated carbocycles. The average Bonchev–Trinajstić information content (AvgIpc) is 3.13. The Bertz CT molecular complexity index is 768. The number of likely N-dealkylation sites (tertiary alicyclic amines) is 1. The van der Waals surface area contributed by atoms with E-state index in [1.54, 1.807) is 31.1 Å². The Labute approximate surface area is 170 Å². The second-order valence-corrected chi connectivity index (χ2v) is 8.88. The van der Waals surface area contributed by atoms with E-state index in [-0.39, 0.29) is 29.0 Å². The number of nitrogens with zero attached hydrogens (tertiary/aromatic N) is 2. The summed E-state index contributed by atoms with van der Waals surface area (Å²) in [6.45, 7) is 4.13. The van der Waals surface area contributed by atoms with Crippen LogP contribution < -0.4 is 10.6 Å². The molecule has 0 unspecified atom stereocenters. The van der Waals surface area contributed by atoms with Crippen LogP contribution in [0.25, 0.3) is 0 Å². The molecule has 7 nitrogen and oxygen atoms in total. The zero-order chi connectivity index (χ0) is 20.3. The number of likely N-dealkylation sites (N-methyl/N-ethyl adjacent to an activating group) is 1. The van der Waals surface area contributed by atoms with Crippen LogP contribution in [0.1, 0.15) is 36.5 Å². The highest BCUT2D eigenvalue weighted by Crippen LogP contribution is 2.35. The van der Waals surface area contributed by atoms with E-state index in [1.807, 2.05) is 13.0 Å². The van der Waals surface area contributed by atoms with Gasteiger partial charge in [-0.1, -0.05) is 0 Å². The molecule has 0 radical (unpaired) electrons. The lowest BCUT2D eigenvalue weighted by Gasteiger charge is -2.26. The fourth-order valence-corrected chi connectivity index (χ4v) is 4.54. The van der Waals surface area contributed by atoms with Gasteiger partial charge in [0.05, 0.1) is 17.0 Å². The molecular weight excluding hydrogens is 376 g/mol. The number of carbonyl (C=O) groups is 3. The Morgan fingerprint density at radius 2 is 2.14 bits per heavy atom. The number of anilines is 1. The van der Waals surface area contributed by atoms with Crippen molar-refractivity contribution in [1.29, 1.82) is 0 Å². The Morgan fingerprint density at radius 1 is 1.36 bits per heavy atom. The number of fused-ring (bicyclic) bond motifs is 1. The van der Waals surface area contributed by atoms with Crippen molar-refractivity contribution in [1.82, 2.24) is 15.1 Å². The molecule has 1 saturated heterocycles. The Hall–Kier alpha value is -2.06. The van der Waals surface area contributed by atoms with Gasteiger partial charge in [0, 0.05) is 37.6 Å². The van der Waals surface area contributed by atoms with Crippen molar-refractivity contribution in [3.63, 3.8) is 0 Å². The Balaban J connectivity index is 1.48. The molecule has 1 aromatic rings. The number of hydrogen-bond acceptors (Lipinski definition) is 5. The van der Waals surface area contributed by atoms with Crippen molar-refractivity contribution in [2.24, 2.45) is 0 Å². The highest BCUT2D eigenvalue weighted by atomic mass is 32.2. The van der Waals surface area contributed by atoms with Crippen molar-refractivity contribution < 1.29 is 14.4 Å². The molecule has 0 spiro atoms. The van der Waals surface area contributed by atoms with Crippen molar-refractivity contribution in [3.05, 3.63) is 23.8 Å². The summed E-state index contributed by atoms with van der Waals surface area (Å²) >= 11 is 1.50. The number of benzene rings is 1. The maximum absolute atomic E-state index is 12.4. The minimum atomic E-state index is -0.150. The van der Waals surface area contributed by atoms with Crippen LogP contribution >= 0.6 is 11.8 Å². The number of nitrogens with one attached hydrogen (secondary N) is 2. The molecule has 1 fully saturated rings. The molecule has 0 bridgehead atoms. The lowest BCUT2D eigenvalue weighted by atomic mass is 10.1. The molecule has 2 heterocycles. The van der Waals surface area contributed by atoms with Gasteiger partial charge in [0.1, 0.15) is 0 Å². The van der Waals surface area contributed by atoms with E-state index in [1.165, 1.54) is 11.8 Å². The molecule has 152 valence electrons. The lowest BCUT2D eigenvalue weighted by molar-refractivity contribution is -0.133. The van der Waals surface area contributed by atoms with Crippen molar-refractivity contribution in [3.8, 4) is 0 Å². The number of rotatable bonds is 6. The molecule has 2 N–H and O–H groups in total. The smallest absolute Gasteiger partial charge is 0.251 e. The van der Waals surface area contributed by atoms with Crippen LogP contribution in [-0.2, 0) is 9.59 Å². The fourth-order valence-electron chi connectivity index (χ4n) is 3.61. The van der Waals surface area contributed by atoms with Crippen LogP contribution in [0.15, 0.2) is 23.1 Å². The zero-order valence-electron chi connectivity index (χ0n) is 16.7. The molecule has 2 atom stereocenters. The van der Waals surface area contributed by atoms with E-state index in [4.69, 9.17) is 0 Å². The van der Waals surface area contributed by atoms with Crippen molar-refractivity contribution >= 4 is 35.2 Å². The second kappa shape index (κ2) is 8.96. The average molecular weight is 405 g/mol. The van der Waals surface area contributed by atoms with E-state index in [0.717, 1.165) is 37.2 Å². The fraction of sp³-hybridized carbons (Fsp3) is 0.550. The largest absolute Gasteiger partial charge is 0.352 e.